The first kappa shape index (κ1) is 15.7. The summed E-state index contributed by atoms with van der Waals surface area (Å²) in [6, 6.07) is 11.3. The molecule has 22 heavy (non-hydrogen) atoms. The van der Waals surface area contributed by atoms with Crippen LogP contribution in [-0.2, 0) is 6.42 Å². The minimum atomic E-state index is -0.987. The van der Waals surface area contributed by atoms with Crippen LogP contribution in [0.5, 0.6) is 0 Å². The Labute approximate surface area is 128 Å². The predicted octanol–water partition coefficient (Wildman–Crippen LogP) is 2.64. The summed E-state index contributed by atoms with van der Waals surface area (Å²) >= 11 is 0. The molecule has 0 amide bonds. The number of hydrogen-bond donors (Lipinski definition) is 3. The number of carbonyl (C=O) groups is 2. The summed E-state index contributed by atoms with van der Waals surface area (Å²) < 4.78 is 0. The maximum atomic E-state index is 11.1. The summed E-state index contributed by atoms with van der Waals surface area (Å²) in [6.07, 6.45) is 0.539. The van der Waals surface area contributed by atoms with Crippen LogP contribution in [0.4, 0.5) is 0 Å². The number of benzene rings is 2. The molecule has 114 valence electrons. The van der Waals surface area contributed by atoms with Gasteiger partial charge < -0.3 is 15.9 Å². The summed E-state index contributed by atoms with van der Waals surface area (Å²) in [6.45, 7) is 1.85. The van der Waals surface area contributed by atoms with Crippen molar-refractivity contribution >= 4 is 11.9 Å². The maximum absolute atomic E-state index is 11.1. The highest BCUT2D eigenvalue weighted by Gasteiger charge is 2.12. The average Bonchev–Trinajstić information content (AvgIpc) is 2.46. The molecule has 0 saturated carbocycles. The van der Waals surface area contributed by atoms with Crippen molar-refractivity contribution in [3.05, 3.63) is 59.2 Å². The van der Waals surface area contributed by atoms with E-state index < -0.39 is 11.9 Å². The van der Waals surface area contributed by atoms with Crippen LogP contribution in [0.1, 0.15) is 33.2 Å². The van der Waals surface area contributed by atoms with Gasteiger partial charge in [0.2, 0.25) is 0 Å². The van der Waals surface area contributed by atoms with Crippen LogP contribution in [0.2, 0.25) is 0 Å². The highest BCUT2D eigenvalue weighted by atomic mass is 16.4. The molecule has 5 nitrogen and oxygen atoms in total. The van der Waals surface area contributed by atoms with Crippen LogP contribution in [0.15, 0.2) is 42.5 Å². The Hall–Kier alpha value is -2.66. The third kappa shape index (κ3) is 3.51. The van der Waals surface area contributed by atoms with Crippen LogP contribution in [0, 0.1) is 0 Å². The van der Waals surface area contributed by atoms with Gasteiger partial charge in [0.25, 0.3) is 0 Å². The Morgan fingerprint density at radius 3 is 2.05 bits per heavy atom. The fraction of sp³-hybridized carbons (Fsp3) is 0.176. The van der Waals surface area contributed by atoms with Crippen molar-refractivity contribution < 1.29 is 19.8 Å². The lowest BCUT2D eigenvalue weighted by Crippen LogP contribution is -2.18. The smallest absolute Gasteiger partial charge is 0.335 e. The van der Waals surface area contributed by atoms with Gasteiger partial charge in [-0.1, -0.05) is 18.2 Å². The lowest BCUT2D eigenvalue weighted by Gasteiger charge is -2.13. The van der Waals surface area contributed by atoms with Crippen LogP contribution in [-0.4, -0.2) is 28.2 Å². The van der Waals surface area contributed by atoms with Gasteiger partial charge in [0.15, 0.2) is 0 Å². The largest absolute Gasteiger partial charge is 0.478 e. The molecule has 1 unspecified atom stereocenters. The van der Waals surface area contributed by atoms with Gasteiger partial charge in [0.1, 0.15) is 0 Å². The highest BCUT2D eigenvalue weighted by Crippen LogP contribution is 2.26. The van der Waals surface area contributed by atoms with E-state index in [1.807, 2.05) is 6.92 Å². The van der Waals surface area contributed by atoms with Gasteiger partial charge in [-0.05, 0) is 54.3 Å². The first-order chi connectivity index (χ1) is 10.4. The van der Waals surface area contributed by atoms with E-state index in [1.54, 1.807) is 24.3 Å². The van der Waals surface area contributed by atoms with E-state index in [0.717, 1.165) is 16.7 Å². The molecule has 0 aromatic heterocycles. The fourth-order valence-electron chi connectivity index (χ4n) is 2.32. The van der Waals surface area contributed by atoms with Crippen LogP contribution in [0.3, 0.4) is 0 Å². The van der Waals surface area contributed by atoms with E-state index in [0.29, 0.717) is 6.42 Å². The van der Waals surface area contributed by atoms with Crippen molar-refractivity contribution in [3.8, 4) is 11.1 Å². The van der Waals surface area contributed by atoms with Gasteiger partial charge in [0, 0.05) is 6.04 Å². The Balaban J connectivity index is 2.48. The lowest BCUT2D eigenvalue weighted by molar-refractivity contribution is 0.0686. The summed E-state index contributed by atoms with van der Waals surface area (Å²) in [5.41, 5.74) is 8.78. The second-order valence-corrected chi connectivity index (χ2v) is 5.24. The van der Waals surface area contributed by atoms with Crippen molar-refractivity contribution in [3.63, 3.8) is 0 Å². The molecule has 5 heteroatoms. The Morgan fingerprint density at radius 2 is 1.55 bits per heavy atom. The van der Waals surface area contributed by atoms with E-state index in [2.05, 4.69) is 0 Å². The molecule has 0 aliphatic heterocycles. The number of rotatable bonds is 5. The molecule has 0 aliphatic carbocycles. The minimum absolute atomic E-state index is 0.110. The molecule has 2 aromatic carbocycles. The van der Waals surface area contributed by atoms with E-state index in [9.17, 15) is 9.59 Å². The Bertz CT molecular complexity index is 705. The zero-order valence-electron chi connectivity index (χ0n) is 12.1. The van der Waals surface area contributed by atoms with Crippen molar-refractivity contribution in [1.82, 2.24) is 0 Å². The third-order valence-corrected chi connectivity index (χ3v) is 3.34. The van der Waals surface area contributed by atoms with Crippen molar-refractivity contribution in [2.45, 2.75) is 19.4 Å². The summed E-state index contributed by atoms with van der Waals surface area (Å²) in [5, 5.41) is 18.0. The molecule has 2 aromatic rings. The van der Waals surface area contributed by atoms with Gasteiger partial charge in [-0.15, -0.1) is 0 Å². The number of aromatic carboxylic acids is 2. The first-order valence-electron chi connectivity index (χ1n) is 6.84. The SMILES string of the molecule is CC(N)Cc1cc(C(=O)O)ccc1-c1ccc(C(=O)O)cc1. The average molecular weight is 299 g/mol. The molecule has 4 N–H and O–H groups in total. The molecule has 0 radical (unpaired) electrons. The minimum Gasteiger partial charge on any atom is -0.478 e. The normalized spacial score (nSPS) is 11.9. The van der Waals surface area contributed by atoms with E-state index in [1.165, 1.54) is 18.2 Å². The lowest BCUT2D eigenvalue weighted by atomic mass is 9.93. The van der Waals surface area contributed by atoms with Crippen molar-refractivity contribution in [1.29, 1.82) is 0 Å². The zero-order valence-corrected chi connectivity index (χ0v) is 12.1. The number of carboxylic acid groups (broad SMARTS) is 2. The summed E-state index contributed by atoms with van der Waals surface area (Å²) in [5.74, 6) is -1.97. The fourth-order valence-corrected chi connectivity index (χ4v) is 2.32. The van der Waals surface area contributed by atoms with Gasteiger partial charge in [-0.2, -0.15) is 0 Å². The number of hydrogen-bond acceptors (Lipinski definition) is 3. The standard InChI is InChI=1S/C17H17NO4/c1-10(18)8-14-9-13(17(21)22)6-7-15(14)11-2-4-12(5-3-11)16(19)20/h2-7,9-10H,8,18H2,1H3,(H,19,20)(H,21,22). The second kappa shape index (κ2) is 6.41. The molecule has 0 bridgehead atoms. The van der Waals surface area contributed by atoms with Crippen molar-refractivity contribution in [2.75, 3.05) is 0 Å². The topological polar surface area (TPSA) is 101 Å². The van der Waals surface area contributed by atoms with Gasteiger partial charge in [0.05, 0.1) is 11.1 Å². The zero-order chi connectivity index (χ0) is 16.3. The highest BCUT2D eigenvalue weighted by molar-refractivity contribution is 5.90. The van der Waals surface area contributed by atoms with Gasteiger partial charge in [-0.25, -0.2) is 9.59 Å². The second-order valence-electron chi connectivity index (χ2n) is 5.24. The molecule has 0 spiro atoms. The number of nitrogens with two attached hydrogens (primary N) is 1. The summed E-state index contributed by atoms with van der Waals surface area (Å²) in [7, 11) is 0. The van der Waals surface area contributed by atoms with Crippen LogP contribution < -0.4 is 5.73 Å². The predicted molar refractivity (Wildman–Crippen MR) is 83.2 cm³/mol. The quantitative estimate of drug-likeness (QED) is 0.788. The summed E-state index contributed by atoms with van der Waals surface area (Å²) in [4.78, 5) is 22.0. The van der Waals surface area contributed by atoms with Crippen LogP contribution >= 0.6 is 0 Å². The number of carboxylic acids is 2. The Kier molecular flexibility index (Phi) is 4.58. The molecule has 0 fully saturated rings. The molecule has 2 rings (SSSR count). The molecule has 1 atom stereocenters. The molecule has 0 aliphatic rings. The molecular formula is C17H17NO4. The van der Waals surface area contributed by atoms with E-state index in [-0.39, 0.29) is 17.2 Å². The van der Waals surface area contributed by atoms with Gasteiger partial charge >= 0.3 is 11.9 Å². The van der Waals surface area contributed by atoms with Crippen LogP contribution in [0.25, 0.3) is 11.1 Å². The molecular weight excluding hydrogens is 282 g/mol. The van der Waals surface area contributed by atoms with E-state index >= 15 is 0 Å². The first-order valence-corrected chi connectivity index (χ1v) is 6.84. The van der Waals surface area contributed by atoms with Gasteiger partial charge in [-0.3, -0.25) is 0 Å². The Morgan fingerprint density at radius 1 is 1.00 bits per heavy atom. The monoisotopic (exact) mass is 299 g/mol. The maximum Gasteiger partial charge on any atom is 0.335 e. The molecule has 0 heterocycles. The van der Waals surface area contributed by atoms with Crippen molar-refractivity contribution in [2.24, 2.45) is 5.73 Å². The van der Waals surface area contributed by atoms with E-state index in [4.69, 9.17) is 15.9 Å². The third-order valence-electron chi connectivity index (χ3n) is 3.34. The molecule has 0 saturated heterocycles.